The van der Waals surface area contributed by atoms with Gasteiger partial charge in [0.2, 0.25) is 5.91 Å². The van der Waals surface area contributed by atoms with Crippen molar-refractivity contribution >= 4 is 63.8 Å². The lowest BCUT2D eigenvalue weighted by atomic mass is 10.1. The van der Waals surface area contributed by atoms with Gasteiger partial charge in [-0.3, -0.25) is 4.79 Å². The van der Waals surface area contributed by atoms with Crippen molar-refractivity contribution in [3.8, 4) is 0 Å². The number of nitrogen functional groups attached to an aromatic ring is 1. The quantitative estimate of drug-likeness (QED) is 0.387. The van der Waals surface area contributed by atoms with E-state index in [1.54, 1.807) is 34.9 Å². The van der Waals surface area contributed by atoms with Crippen molar-refractivity contribution < 1.29 is 4.79 Å². The van der Waals surface area contributed by atoms with E-state index in [2.05, 4.69) is 10.3 Å². The standard InChI is InChI=1S/C19H17Cl3N4OS/c1-28-19-24-14(6-11-2-3-12(20)7-15(11)22)9-26(19)10-18(27)25-17-8-13(21)4-5-16(17)23/h2-5,7-9H,6,10,23H2,1H3,(H,25,27). The number of rotatable bonds is 6. The Kier molecular flexibility index (Phi) is 6.78. The van der Waals surface area contributed by atoms with E-state index in [4.69, 9.17) is 40.5 Å². The highest BCUT2D eigenvalue weighted by molar-refractivity contribution is 7.98. The molecular formula is C19H17Cl3N4OS. The Bertz CT molecular complexity index is 1020. The molecule has 0 saturated heterocycles. The number of carbonyl (C=O) groups is 1. The fourth-order valence-corrected chi connectivity index (χ4v) is 3.86. The molecule has 0 aliphatic carbocycles. The number of nitrogens with zero attached hydrogens (tertiary/aromatic N) is 2. The molecule has 0 atom stereocenters. The van der Waals surface area contributed by atoms with Crippen LogP contribution in [0, 0.1) is 0 Å². The van der Waals surface area contributed by atoms with Gasteiger partial charge >= 0.3 is 0 Å². The average Bonchev–Trinajstić information content (AvgIpc) is 3.02. The van der Waals surface area contributed by atoms with Gasteiger partial charge in [0.05, 0.1) is 17.1 Å². The second-order valence-corrected chi connectivity index (χ2v) is 8.09. The summed E-state index contributed by atoms with van der Waals surface area (Å²) in [6.07, 6.45) is 4.29. The van der Waals surface area contributed by atoms with E-state index in [-0.39, 0.29) is 12.5 Å². The molecule has 0 aliphatic rings. The van der Waals surface area contributed by atoms with Gasteiger partial charge in [-0.1, -0.05) is 52.6 Å². The summed E-state index contributed by atoms with van der Waals surface area (Å²) in [5.74, 6) is -0.224. The number of thioether (sulfide) groups is 1. The van der Waals surface area contributed by atoms with Gasteiger partial charge in [-0.2, -0.15) is 0 Å². The minimum Gasteiger partial charge on any atom is -0.397 e. The highest BCUT2D eigenvalue weighted by atomic mass is 35.5. The lowest BCUT2D eigenvalue weighted by Gasteiger charge is -2.10. The maximum Gasteiger partial charge on any atom is 0.244 e. The number of halogens is 3. The number of hydrogen-bond donors (Lipinski definition) is 2. The zero-order valence-electron chi connectivity index (χ0n) is 14.9. The third-order valence-corrected chi connectivity index (χ3v) is 5.48. The van der Waals surface area contributed by atoms with Gasteiger partial charge in [0.25, 0.3) is 0 Å². The number of benzene rings is 2. The zero-order valence-corrected chi connectivity index (χ0v) is 18.0. The molecule has 0 unspecified atom stereocenters. The van der Waals surface area contributed by atoms with Crippen LogP contribution in [0.2, 0.25) is 15.1 Å². The topological polar surface area (TPSA) is 72.9 Å². The Balaban J connectivity index is 1.75. The van der Waals surface area contributed by atoms with Crippen LogP contribution in [0.1, 0.15) is 11.3 Å². The second-order valence-electron chi connectivity index (χ2n) is 6.04. The molecule has 9 heteroatoms. The van der Waals surface area contributed by atoms with E-state index in [1.165, 1.54) is 11.8 Å². The van der Waals surface area contributed by atoms with E-state index >= 15 is 0 Å². The van der Waals surface area contributed by atoms with E-state index in [1.807, 2.05) is 18.5 Å². The molecule has 1 aromatic heterocycles. The van der Waals surface area contributed by atoms with E-state index in [0.29, 0.717) is 32.9 Å². The van der Waals surface area contributed by atoms with Crippen LogP contribution in [0.4, 0.5) is 11.4 Å². The molecule has 2 aromatic carbocycles. The summed E-state index contributed by atoms with van der Waals surface area (Å²) in [6.45, 7) is 0.101. The molecule has 3 rings (SSSR count). The summed E-state index contributed by atoms with van der Waals surface area (Å²) in [5, 5.41) is 5.18. The van der Waals surface area contributed by atoms with Gasteiger partial charge in [0.1, 0.15) is 6.54 Å². The Hall–Kier alpha value is -1.86. The highest BCUT2D eigenvalue weighted by Crippen LogP contribution is 2.25. The van der Waals surface area contributed by atoms with Gasteiger partial charge in [-0.05, 0) is 42.2 Å². The van der Waals surface area contributed by atoms with Crippen molar-refractivity contribution in [1.82, 2.24) is 9.55 Å². The van der Waals surface area contributed by atoms with Crippen LogP contribution in [0.25, 0.3) is 0 Å². The molecule has 3 N–H and O–H groups in total. The van der Waals surface area contributed by atoms with Crippen molar-refractivity contribution in [1.29, 1.82) is 0 Å². The van der Waals surface area contributed by atoms with Gasteiger partial charge in [0, 0.05) is 27.7 Å². The molecular weight excluding hydrogens is 439 g/mol. The lowest BCUT2D eigenvalue weighted by molar-refractivity contribution is -0.116. The van der Waals surface area contributed by atoms with E-state index in [9.17, 15) is 4.79 Å². The molecule has 0 saturated carbocycles. The monoisotopic (exact) mass is 454 g/mol. The molecule has 1 heterocycles. The largest absolute Gasteiger partial charge is 0.397 e. The first-order chi connectivity index (χ1) is 13.4. The van der Waals surface area contributed by atoms with Crippen molar-refractivity contribution in [3.63, 3.8) is 0 Å². The van der Waals surface area contributed by atoms with E-state index in [0.717, 1.165) is 16.4 Å². The molecule has 146 valence electrons. The molecule has 0 fully saturated rings. The first-order valence-corrected chi connectivity index (χ1v) is 10.6. The number of nitrogens with one attached hydrogen (secondary N) is 1. The van der Waals surface area contributed by atoms with Crippen molar-refractivity contribution in [2.24, 2.45) is 0 Å². The molecule has 28 heavy (non-hydrogen) atoms. The first kappa shape index (κ1) is 20.9. The maximum atomic E-state index is 12.5. The van der Waals surface area contributed by atoms with Crippen LogP contribution in [0.3, 0.4) is 0 Å². The average molecular weight is 456 g/mol. The maximum absolute atomic E-state index is 12.5. The molecule has 0 bridgehead atoms. The van der Waals surface area contributed by atoms with Crippen molar-refractivity contribution in [2.75, 3.05) is 17.3 Å². The van der Waals surface area contributed by atoms with Crippen LogP contribution in [-0.2, 0) is 17.8 Å². The van der Waals surface area contributed by atoms with Crippen molar-refractivity contribution in [3.05, 3.63) is 68.9 Å². The number of carbonyl (C=O) groups excluding carboxylic acids is 1. The minimum atomic E-state index is -0.224. The van der Waals surface area contributed by atoms with Crippen LogP contribution in [0.5, 0.6) is 0 Å². The summed E-state index contributed by atoms with van der Waals surface area (Å²) < 4.78 is 1.79. The predicted octanol–water partition coefficient (Wildman–Crippen LogP) is 5.38. The van der Waals surface area contributed by atoms with Crippen LogP contribution >= 0.6 is 46.6 Å². The number of amides is 1. The summed E-state index contributed by atoms with van der Waals surface area (Å²) in [6, 6.07) is 10.3. The van der Waals surface area contributed by atoms with Crippen molar-refractivity contribution in [2.45, 2.75) is 18.1 Å². The lowest BCUT2D eigenvalue weighted by Crippen LogP contribution is -2.19. The smallest absolute Gasteiger partial charge is 0.244 e. The number of imidazole rings is 1. The van der Waals surface area contributed by atoms with Gasteiger partial charge in [-0.15, -0.1) is 0 Å². The second kappa shape index (κ2) is 9.09. The SMILES string of the molecule is CSc1nc(Cc2ccc(Cl)cc2Cl)cn1CC(=O)Nc1cc(Cl)ccc1N. The molecule has 1 amide bonds. The fourth-order valence-electron chi connectivity index (χ4n) is 2.65. The fraction of sp³-hybridized carbons (Fsp3) is 0.158. The Morgan fingerprint density at radius 1 is 1.18 bits per heavy atom. The molecule has 0 radical (unpaired) electrons. The summed E-state index contributed by atoms with van der Waals surface area (Å²) in [5.41, 5.74) is 8.54. The number of aromatic nitrogens is 2. The first-order valence-electron chi connectivity index (χ1n) is 8.24. The zero-order chi connectivity index (χ0) is 20.3. The van der Waals surface area contributed by atoms with Gasteiger partial charge < -0.3 is 15.6 Å². The molecule has 3 aromatic rings. The number of nitrogens with two attached hydrogens (primary N) is 1. The normalized spacial score (nSPS) is 10.9. The van der Waals surface area contributed by atoms with Crippen LogP contribution < -0.4 is 11.1 Å². The molecule has 0 spiro atoms. The summed E-state index contributed by atoms with van der Waals surface area (Å²) >= 11 is 19.6. The summed E-state index contributed by atoms with van der Waals surface area (Å²) in [7, 11) is 0. The Morgan fingerprint density at radius 2 is 1.89 bits per heavy atom. The highest BCUT2D eigenvalue weighted by Gasteiger charge is 2.13. The number of hydrogen-bond acceptors (Lipinski definition) is 4. The van der Waals surface area contributed by atoms with Gasteiger partial charge in [0.15, 0.2) is 5.16 Å². The van der Waals surface area contributed by atoms with Crippen LogP contribution in [-0.4, -0.2) is 21.7 Å². The number of anilines is 2. The van der Waals surface area contributed by atoms with E-state index < -0.39 is 0 Å². The Morgan fingerprint density at radius 3 is 2.61 bits per heavy atom. The Labute approximate surface area is 182 Å². The predicted molar refractivity (Wildman–Crippen MR) is 118 cm³/mol. The minimum absolute atomic E-state index is 0.101. The molecule has 5 nitrogen and oxygen atoms in total. The third kappa shape index (κ3) is 5.14. The summed E-state index contributed by atoms with van der Waals surface area (Å²) in [4.78, 5) is 17.1. The van der Waals surface area contributed by atoms with Gasteiger partial charge in [-0.25, -0.2) is 4.98 Å². The molecule has 0 aliphatic heterocycles. The third-order valence-electron chi connectivity index (χ3n) is 3.96. The van der Waals surface area contributed by atoms with Crippen LogP contribution in [0.15, 0.2) is 47.8 Å².